The van der Waals surface area contributed by atoms with Crippen LogP contribution in [0.4, 0.5) is 0 Å². The molecular formula is C21H27N5O6. The fourth-order valence-corrected chi connectivity index (χ4v) is 3.98. The van der Waals surface area contributed by atoms with Crippen molar-refractivity contribution >= 4 is 22.9 Å². The number of hydrogen-bond acceptors (Lipinski definition) is 7. The number of imidazole rings is 1. The van der Waals surface area contributed by atoms with Gasteiger partial charge in [0.2, 0.25) is 5.78 Å². The van der Waals surface area contributed by atoms with Crippen LogP contribution in [0.5, 0.6) is 0 Å². The molecule has 0 aromatic carbocycles. The van der Waals surface area contributed by atoms with Gasteiger partial charge >= 0.3 is 11.7 Å². The number of carbonyl (C=O) groups excluding carboxylic acids is 2. The van der Waals surface area contributed by atoms with Gasteiger partial charge in [0.05, 0.1) is 19.0 Å². The zero-order valence-corrected chi connectivity index (χ0v) is 19.0. The Morgan fingerprint density at radius 1 is 1.16 bits per heavy atom. The summed E-state index contributed by atoms with van der Waals surface area (Å²) in [5.74, 6) is -1.02. The fourth-order valence-electron chi connectivity index (χ4n) is 3.98. The Balaban J connectivity index is 1.74. The smallest absolute Gasteiger partial charge is 0.332 e. The van der Waals surface area contributed by atoms with Crippen LogP contribution < -0.4 is 11.2 Å². The van der Waals surface area contributed by atoms with E-state index in [0.717, 1.165) is 16.0 Å². The van der Waals surface area contributed by atoms with Gasteiger partial charge in [-0.15, -0.1) is 0 Å². The molecule has 3 rings (SSSR count). The Morgan fingerprint density at radius 2 is 1.84 bits per heavy atom. The average Bonchev–Trinajstić information content (AvgIpc) is 3.29. The van der Waals surface area contributed by atoms with Gasteiger partial charge in [0.25, 0.3) is 5.56 Å². The molecule has 3 aromatic rings. The number of esters is 1. The maximum Gasteiger partial charge on any atom is 0.332 e. The number of ketones is 1. The van der Waals surface area contributed by atoms with Gasteiger partial charge in [-0.2, -0.15) is 0 Å². The normalized spacial score (nSPS) is 12.3. The molecule has 3 heterocycles. The molecule has 0 radical (unpaired) electrons. The quantitative estimate of drug-likeness (QED) is 0.365. The zero-order valence-electron chi connectivity index (χ0n) is 19.0. The number of nitrogens with zero attached hydrogens (tertiary/aromatic N) is 5. The highest BCUT2D eigenvalue weighted by Gasteiger charge is 2.21. The van der Waals surface area contributed by atoms with Crippen molar-refractivity contribution in [3.05, 3.63) is 50.2 Å². The summed E-state index contributed by atoms with van der Waals surface area (Å²) in [5, 5.41) is 0. The van der Waals surface area contributed by atoms with Crippen LogP contribution in [0.3, 0.4) is 0 Å². The first-order valence-electron chi connectivity index (χ1n) is 10.1. The predicted molar refractivity (Wildman–Crippen MR) is 116 cm³/mol. The van der Waals surface area contributed by atoms with Crippen molar-refractivity contribution in [2.24, 2.45) is 14.1 Å². The van der Waals surface area contributed by atoms with Gasteiger partial charge in [0.15, 0.2) is 17.8 Å². The predicted octanol–water partition coefficient (Wildman–Crippen LogP) is 0.486. The second kappa shape index (κ2) is 8.95. The molecule has 0 amide bonds. The number of aromatic nitrogens is 5. The number of aryl methyl sites for hydroxylation is 2. The molecule has 11 nitrogen and oxygen atoms in total. The zero-order chi connectivity index (χ0) is 23.7. The third-order valence-electron chi connectivity index (χ3n) is 5.51. The molecule has 11 heteroatoms. The molecule has 0 saturated carbocycles. The van der Waals surface area contributed by atoms with Crippen LogP contribution in [0.15, 0.2) is 22.0 Å². The van der Waals surface area contributed by atoms with E-state index in [9.17, 15) is 19.2 Å². The van der Waals surface area contributed by atoms with Crippen molar-refractivity contribution in [2.75, 3.05) is 20.3 Å². The lowest BCUT2D eigenvalue weighted by molar-refractivity contribution is -0.143. The van der Waals surface area contributed by atoms with E-state index >= 15 is 0 Å². The molecule has 0 aliphatic rings. The molecule has 172 valence electrons. The summed E-state index contributed by atoms with van der Waals surface area (Å²) in [6, 6.07) is 1.82. The lowest BCUT2D eigenvalue weighted by Gasteiger charge is -2.17. The third-order valence-corrected chi connectivity index (χ3v) is 5.51. The van der Waals surface area contributed by atoms with Gasteiger partial charge in [0, 0.05) is 38.2 Å². The van der Waals surface area contributed by atoms with E-state index < -0.39 is 23.8 Å². The highest BCUT2D eigenvalue weighted by molar-refractivity contribution is 5.99. The molecule has 3 aromatic heterocycles. The van der Waals surface area contributed by atoms with Crippen molar-refractivity contribution in [2.45, 2.75) is 33.4 Å². The number of rotatable bonds is 8. The van der Waals surface area contributed by atoms with Crippen molar-refractivity contribution in [1.82, 2.24) is 23.3 Å². The van der Waals surface area contributed by atoms with Crippen molar-refractivity contribution in [3.63, 3.8) is 0 Å². The second-order valence-electron chi connectivity index (χ2n) is 7.79. The van der Waals surface area contributed by atoms with Crippen molar-refractivity contribution in [1.29, 1.82) is 0 Å². The highest BCUT2D eigenvalue weighted by atomic mass is 16.5. The van der Waals surface area contributed by atoms with Crippen LogP contribution in [0.1, 0.15) is 34.7 Å². The minimum absolute atomic E-state index is 0.0530. The summed E-state index contributed by atoms with van der Waals surface area (Å²) in [4.78, 5) is 53.6. The summed E-state index contributed by atoms with van der Waals surface area (Å²) in [6.45, 7) is 5.49. The molecule has 0 saturated heterocycles. The van der Waals surface area contributed by atoms with Crippen LogP contribution in [0, 0.1) is 13.8 Å². The van der Waals surface area contributed by atoms with Crippen LogP contribution in [0.25, 0.3) is 11.2 Å². The number of hydrogen-bond donors (Lipinski definition) is 0. The van der Waals surface area contributed by atoms with E-state index in [1.807, 2.05) is 25.3 Å². The maximum atomic E-state index is 12.7. The molecule has 0 aliphatic heterocycles. The number of ether oxygens (including phenoxy) is 2. The lowest BCUT2D eigenvalue weighted by atomic mass is 10.1. The first kappa shape index (κ1) is 23.2. The topological polar surface area (TPSA) is 119 Å². The lowest BCUT2D eigenvalue weighted by Crippen LogP contribution is -2.37. The van der Waals surface area contributed by atoms with E-state index in [1.54, 1.807) is 13.2 Å². The van der Waals surface area contributed by atoms with Gasteiger partial charge in [0.1, 0.15) is 6.54 Å². The third kappa shape index (κ3) is 4.03. The minimum Gasteiger partial charge on any atom is -0.456 e. The Labute approximate surface area is 183 Å². The first-order chi connectivity index (χ1) is 15.1. The Bertz CT molecular complexity index is 1310. The Morgan fingerprint density at radius 3 is 2.50 bits per heavy atom. The van der Waals surface area contributed by atoms with Gasteiger partial charge in [-0.3, -0.25) is 23.5 Å². The second-order valence-corrected chi connectivity index (χ2v) is 7.79. The van der Waals surface area contributed by atoms with Crippen LogP contribution >= 0.6 is 0 Å². The molecule has 0 bridgehead atoms. The van der Waals surface area contributed by atoms with E-state index in [0.29, 0.717) is 12.2 Å². The number of carbonyl (C=O) groups is 2. The maximum absolute atomic E-state index is 12.7. The van der Waals surface area contributed by atoms with E-state index in [1.165, 1.54) is 29.6 Å². The number of methoxy groups -OCH3 is 1. The van der Waals surface area contributed by atoms with Gasteiger partial charge < -0.3 is 18.6 Å². The molecule has 32 heavy (non-hydrogen) atoms. The molecule has 0 unspecified atom stereocenters. The largest absolute Gasteiger partial charge is 0.456 e. The summed E-state index contributed by atoms with van der Waals surface area (Å²) in [7, 11) is 4.46. The van der Waals surface area contributed by atoms with Crippen molar-refractivity contribution in [3.8, 4) is 0 Å². The number of fused-ring (bicyclic) bond motifs is 1. The summed E-state index contributed by atoms with van der Waals surface area (Å²) >= 11 is 0. The molecule has 0 spiro atoms. The van der Waals surface area contributed by atoms with Crippen molar-refractivity contribution < 1.29 is 19.1 Å². The molecular weight excluding hydrogens is 418 g/mol. The van der Waals surface area contributed by atoms with Crippen LogP contribution in [-0.2, 0) is 34.9 Å². The number of Topliss-reactive ketones (excluding diaryl/α,β-unsaturated/α-hetero) is 1. The molecule has 0 N–H and O–H groups in total. The molecule has 0 fully saturated rings. The standard InChI is InChI=1S/C21H27N5O6/c1-12-7-15(14(3)26(12)13(2)9-31-6)16(27)10-32-17(28)8-25-11-22-19-18(25)20(29)24(5)21(30)23(19)4/h7,11,13H,8-10H2,1-6H3/t13-/m1/s1. The Kier molecular flexibility index (Phi) is 6.49. The first-order valence-corrected chi connectivity index (χ1v) is 10.1. The molecule has 1 atom stereocenters. The van der Waals surface area contributed by atoms with Crippen LogP contribution in [-0.4, -0.2) is 55.3 Å². The summed E-state index contributed by atoms with van der Waals surface area (Å²) in [5.41, 5.74) is 1.36. The van der Waals surface area contributed by atoms with E-state index in [-0.39, 0.29) is 29.5 Å². The summed E-state index contributed by atoms with van der Waals surface area (Å²) < 4.78 is 15.9. The molecule has 0 aliphatic carbocycles. The Hall–Kier alpha value is -3.47. The highest BCUT2D eigenvalue weighted by Crippen LogP contribution is 2.21. The average molecular weight is 445 g/mol. The van der Waals surface area contributed by atoms with E-state index in [4.69, 9.17) is 9.47 Å². The summed E-state index contributed by atoms with van der Waals surface area (Å²) in [6.07, 6.45) is 1.29. The van der Waals surface area contributed by atoms with E-state index in [2.05, 4.69) is 4.98 Å². The monoisotopic (exact) mass is 445 g/mol. The van der Waals surface area contributed by atoms with Gasteiger partial charge in [-0.1, -0.05) is 0 Å². The van der Waals surface area contributed by atoms with Crippen LogP contribution in [0.2, 0.25) is 0 Å². The fraction of sp³-hybridized carbons (Fsp3) is 0.476. The van der Waals surface area contributed by atoms with Gasteiger partial charge in [-0.25, -0.2) is 9.78 Å². The SMILES string of the molecule is COC[C@@H](C)n1c(C)cc(C(=O)COC(=O)Cn2cnc3c2c(=O)n(C)c(=O)n3C)c1C. The minimum atomic E-state index is -0.699. The van der Waals surface area contributed by atoms with Gasteiger partial charge in [-0.05, 0) is 26.8 Å².